The molecule has 0 saturated heterocycles. The summed E-state index contributed by atoms with van der Waals surface area (Å²) < 4.78 is 35.0. The average molecular weight is 357 g/mol. The number of benzene rings is 1. The molecule has 5 nitrogen and oxygen atoms in total. The van der Waals surface area contributed by atoms with E-state index in [4.69, 9.17) is 4.74 Å². The van der Waals surface area contributed by atoms with Gasteiger partial charge in [-0.15, -0.1) is 0 Å². The van der Waals surface area contributed by atoms with Crippen molar-refractivity contribution in [3.05, 3.63) is 29.8 Å². The van der Waals surface area contributed by atoms with Gasteiger partial charge < -0.3 is 20.1 Å². The van der Waals surface area contributed by atoms with E-state index in [1.807, 2.05) is 6.92 Å². The Morgan fingerprint density at radius 2 is 1.88 bits per heavy atom. The molecule has 0 aliphatic heterocycles. The third-order valence-corrected chi connectivity index (χ3v) is 3.65. The van der Waals surface area contributed by atoms with Gasteiger partial charge in [-0.25, -0.2) is 4.99 Å². The van der Waals surface area contributed by atoms with Gasteiger partial charge in [-0.1, -0.05) is 39.0 Å². The van der Waals surface area contributed by atoms with Crippen molar-refractivity contribution in [2.45, 2.75) is 47.0 Å². The first-order valence-corrected chi connectivity index (χ1v) is 8.35. The lowest BCUT2D eigenvalue weighted by Crippen LogP contribution is -2.45. The minimum atomic E-state index is -2.86. The van der Waals surface area contributed by atoms with Crippen LogP contribution in [0.2, 0.25) is 0 Å². The molecule has 0 aliphatic carbocycles. The monoisotopic (exact) mass is 357 g/mol. The molecule has 1 atom stereocenters. The van der Waals surface area contributed by atoms with Crippen molar-refractivity contribution in [3.8, 4) is 5.75 Å². The van der Waals surface area contributed by atoms with E-state index in [0.717, 1.165) is 0 Å². The van der Waals surface area contributed by atoms with Crippen molar-refractivity contribution in [2.24, 2.45) is 10.4 Å². The maximum Gasteiger partial charge on any atom is 0.387 e. The van der Waals surface area contributed by atoms with Gasteiger partial charge in [0.15, 0.2) is 5.96 Å². The summed E-state index contributed by atoms with van der Waals surface area (Å²) in [7, 11) is 1.68. The zero-order valence-electron chi connectivity index (χ0n) is 15.6. The highest BCUT2D eigenvalue weighted by atomic mass is 19.3. The highest BCUT2D eigenvalue weighted by Crippen LogP contribution is 2.22. The van der Waals surface area contributed by atoms with Crippen molar-refractivity contribution in [1.29, 1.82) is 0 Å². The van der Waals surface area contributed by atoms with Crippen LogP contribution in [0.5, 0.6) is 5.75 Å². The fourth-order valence-corrected chi connectivity index (χ4v) is 2.28. The zero-order valence-corrected chi connectivity index (χ0v) is 15.6. The molecule has 0 saturated carbocycles. The molecule has 25 heavy (non-hydrogen) atoms. The Morgan fingerprint density at radius 1 is 1.20 bits per heavy atom. The molecule has 0 amide bonds. The summed E-state index contributed by atoms with van der Waals surface area (Å²) in [6.07, 6.45) is 0.00538. The number of hydrogen-bond donors (Lipinski definition) is 2. The SMILES string of the molecule is CCNC(=NCc1ccccc1OC(F)F)NCC(OC)C(C)(C)C. The van der Waals surface area contributed by atoms with E-state index in [1.165, 1.54) is 6.07 Å². The number of halogens is 2. The Bertz CT molecular complexity index is 545. The van der Waals surface area contributed by atoms with Gasteiger partial charge in [0, 0.05) is 25.8 Å². The summed E-state index contributed by atoms with van der Waals surface area (Å²) in [6, 6.07) is 6.65. The highest BCUT2D eigenvalue weighted by Gasteiger charge is 2.24. The van der Waals surface area contributed by atoms with E-state index >= 15 is 0 Å². The highest BCUT2D eigenvalue weighted by molar-refractivity contribution is 5.79. The summed E-state index contributed by atoms with van der Waals surface area (Å²) in [5.74, 6) is 0.738. The normalized spacial score (nSPS) is 13.7. The van der Waals surface area contributed by atoms with Gasteiger partial charge >= 0.3 is 6.61 Å². The third-order valence-electron chi connectivity index (χ3n) is 3.65. The summed E-state index contributed by atoms with van der Waals surface area (Å²) in [6.45, 7) is 6.91. The van der Waals surface area contributed by atoms with Crippen LogP contribution >= 0.6 is 0 Å². The van der Waals surface area contributed by atoms with E-state index < -0.39 is 6.61 Å². The number of hydrogen-bond acceptors (Lipinski definition) is 3. The van der Waals surface area contributed by atoms with Crippen LogP contribution in [0.3, 0.4) is 0 Å². The number of aliphatic imine (C=N–C) groups is 1. The van der Waals surface area contributed by atoms with E-state index in [2.05, 4.69) is 41.1 Å². The van der Waals surface area contributed by atoms with Crippen LogP contribution in [0.4, 0.5) is 8.78 Å². The lowest BCUT2D eigenvalue weighted by molar-refractivity contribution is -0.0504. The van der Waals surface area contributed by atoms with Gasteiger partial charge in [-0.3, -0.25) is 0 Å². The Hall–Kier alpha value is -1.89. The smallest absolute Gasteiger partial charge is 0.387 e. The van der Waals surface area contributed by atoms with Crippen molar-refractivity contribution in [2.75, 3.05) is 20.2 Å². The molecule has 1 rings (SSSR count). The number of rotatable bonds is 8. The molecular weight excluding hydrogens is 328 g/mol. The van der Waals surface area contributed by atoms with Gasteiger partial charge in [-0.05, 0) is 18.4 Å². The standard InChI is InChI=1S/C18H29F2N3O2/c1-6-21-17(23-12-15(24-5)18(2,3)4)22-11-13-9-7-8-10-14(13)25-16(19)20/h7-10,15-16H,6,11-12H2,1-5H3,(H2,21,22,23). The van der Waals surface area contributed by atoms with Gasteiger partial charge in [-0.2, -0.15) is 8.78 Å². The van der Waals surface area contributed by atoms with Gasteiger partial charge in [0.1, 0.15) is 5.75 Å². The lowest BCUT2D eigenvalue weighted by atomic mass is 9.89. The molecule has 0 spiro atoms. The quantitative estimate of drug-likeness (QED) is 0.553. The van der Waals surface area contributed by atoms with Crippen molar-refractivity contribution < 1.29 is 18.3 Å². The maximum absolute atomic E-state index is 12.5. The molecule has 142 valence electrons. The number of alkyl halides is 2. The number of nitrogens with one attached hydrogen (secondary N) is 2. The molecule has 0 heterocycles. The second-order valence-corrected chi connectivity index (χ2v) is 6.65. The van der Waals surface area contributed by atoms with E-state index in [9.17, 15) is 8.78 Å². The van der Waals surface area contributed by atoms with E-state index in [1.54, 1.807) is 25.3 Å². The minimum Gasteiger partial charge on any atom is -0.434 e. The summed E-state index contributed by atoms with van der Waals surface area (Å²) in [4.78, 5) is 4.45. The van der Waals surface area contributed by atoms with Crippen LogP contribution in [0.15, 0.2) is 29.3 Å². The molecule has 0 aliphatic rings. The van der Waals surface area contributed by atoms with Crippen LogP contribution in [-0.4, -0.2) is 38.9 Å². The molecule has 0 bridgehead atoms. The number of para-hydroxylation sites is 1. The van der Waals surface area contributed by atoms with Crippen molar-refractivity contribution >= 4 is 5.96 Å². The van der Waals surface area contributed by atoms with Gasteiger partial charge in [0.2, 0.25) is 0 Å². The second-order valence-electron chi connectivity index (χ2n) is 6.65. The van der Waals surface area contributed by atoms with Crippen LogP contribution in [0, 0.1) is 5.41 Å². The van der Waals surface area contributed by atoms with E-state index in [0.29, 0.717) is 24.6 Å². The molecule has 0 aromatic heterocycles. The summed E-state index contributed by atoms with van der Waals surface area (Å²) in [5, 5.41) is 6.37. The largest absolute Gasteiger partial charge is 0.434 e. The van der Waals surface area contributed by atoms with Gasteiger partial charge in [0.25, 0.3) is 0 Å². The predicted molar refractivity (Wildman–Crippen MR) is 96.1 cm³/mol. The summed E-state index contributed by atoms with van der Waals surface area (Å²) in [5.41, 5.74) is 0.579. The fraction of sp³-hybridized carbons (Fsp3) is 0.611. The molecule has 7 heteroatoms. The molecule has 1 aromatic rings. The average Bonchev–Trinajstić information content (AvgIpc) is 2.52. The number of methoxy groups -OCH3 is 1. The Morgan fingerprint density at radius 3 is 2.44 bits per heavy atom. The first-order chi connectivity index (χ1) is 11.8. The Balaban J connectivity index is 2.79. The Labute approximate surface area is 148 Å². The van der Waals surface area contributed by atoms with Crippen LogP contribution in [0.1, 0.15) is 33.3 Å². The third kappa shape index (κ3) is 7.69. The number of guanidine groups is 1. The molecule has 0 fully saturated rings. The zero-order chi connectivity index (χ0) is 18.9. The van der Waals surface area contributed by atoms with Crippen molar-refractivity contribution in [1.82, 2.24) is 10.6 Å². The second kappa shape index (κ2) is 10.2. The molecule has 2 N–H and O–H groups in total. The minimum absolute atomic E-state index is 0.00538. The van der Waals surface area contributed by atoms with Crippen LogP contribution < -0.4 is 15.4 Å². The lowest BCUT2D eigenvalue weighted by Gasteiger charge is -2.30. The first-order valence-electron chi connectivity index (χ1n) is 8.35. The topological polar surface area (TPSA) is 54.9 Å². The molecule has 0 radical (unpaired) electrons. The molecule has 1 unspecified atom stereocenters. The predicted octanol–water partition coefficient (Wildman–Crippen LogP) is 3.40. The van der Waals surface area contributed by atoms with Crippen LogP contribution in [-0.2, 0) is 11.3 Å². The molecular formula is C18H29F2N3O2. The Kier molecular flexibility index (Phi) is 8.61. The summed E-state index contributed by atoms with van der Waals surface area (Å²) >= 11 is 0. The van der Waals surface area contributed by atoms with Crippen LogP contribution in [0.25, 0.3) is 0 Å². The number of nitrogens with zero attached hydrogens (tertiary/aromatic N) is 1. The molecule has 1 aromatic carbocycles. The van der Waals surface area contributed by atoms with E-state index in [-0.39, 0.29) is 23.8 Å². The maximum atomic E-state index is 12.5. The fourth-order valence-electron chi connectivity index (χ4n) is 2.28. The first kappa shape index (κ1) is 21.2. The van der Waals surface area contributed by atoms with Gasteiger partial charge in [0.05, 0.1) is 12.6 Å². The number of ether oxygens (including phenoxy) is 2. The van der Waals surface area contributed by atoms with Crippen molar-refractivity contribution in [3.63, 3.8) is 0 Å².